The summed E-state index contributed by atoms with van der Waals surface area (Å²) in [6, 6.07) is 0. The molecule has 0 bridgehead atoms. The molecule has 2 saturated heterocycles. The zero-order valence-corrected chi connectivity index (χ0v) is 26.5. The van der Waals surface area contributed by atoms with Crippen molar-refractivity contribution in [3.8, 4) is 0 Å². The van der Waals surface area contributed by atoms with Gasteiger partial charge in [-0.1, -0.05) is 13.8 Å². The van der Waals surface area contributed by atoms with Crippen LogP contribution in [0.15, 0.2) is 11.6 Å². The van der Waals surface area contributed by atoms with Crippen molar-refractivity contribution in [3.63, 3.8) is 0 Å². The molecular weight excluding hydrogens is 524 g/mol. The van der Waals surface area contributed by atoms with Gasteiger partial charge in [0.2, 0.25) is 0 Å². The molecule has 2 aliphatic heterocycles. The van der Waals surface area contributed by atoms with Crippen molar-refractivity contribution in [2.24, 2.45) is 28.6 Å². The fourth-order valence-electron chi connectivity index (χ4n) is 10.6. The first-order valence-electron chi connectivity index (χ1n) is 15.8. The molecule has 6 rings (SSSR count). The number of carbonyl (C=O) groups is 1. The summed E-state index contributed by atoms with van der Waals surface area (Å²) in [5.41, 5.74) is -2.27. The van der Waals surface area contributed by atoms with Crippen LogP contribution in [0.3, 0.4) is 0 Å². The molecule has 2 heterocycles. The van der Waals surface area contributed by atoms with E-state index in [9.17, 15) is 15.2 Å². The normalized spacial score (nSPS) is 50.1. The lowest BCUT2D eigenvalue weighted by molar-refractivity contribution is -0.348. The Morgan fingerprint density at radius 1 is 0.951 bits per heavy atom. The Balaban J connectivity index is 1.36. The molecule has 0 aromatic carbocycles. The van der Waals surface area contributed by atoms with E-state index < -0.39 is 33.8 Å². The smallest absolute Gasteiger partial charge is 0.164 e. The van der Waals surface area contributed by atoms with Crippen LogP contribution in [0.4, 0.5) is 0 Å². The number of hydrogen-bond acceptors (Lipinski definition) is 8. The number of allylic oxidation sites excluding steroid dienone is 1. The average molecular weight is 577 g/mol. The highest BCUT2D eigenvalue weighted by Crippen LogP contribution is 2.71. The highest BCUT2D eigenvalue weighted by molar-refractivity contribution is 5.95. The Bertz CT molecular complexity index is 1120. The molecule has 0 aromatic heterocycles. The maximum atomic E-state index is 13.9. The Hall–Kier alpha value is -0.870. The van der Waals surface area contributed by atoms with Gasteiger partial charge < -0.3 is 24.1 Å². The van der Waals surface area contributed by atoms with E-state index in [0.29, 0.717) is 25.7 Å². The summed E-state index contributed by atoms with van der Waals surface area (Å²) in [4.78, 5) is 19.6. The molecule has 0 unspecified atom stereocenters. The molecule has 232 valence electrons. The Kier molecular flexibility index (Phi) is 6.69. The van der Waals surface area contributed by atoms with Crippen molar-refractivity contribution in [1.82, 2.24) is 0 Å². The van der Waals surface area contributed by atoms with E-state index in [1.165, 1.54) is 0 Å². The van der Waals surface area contributed by atoms with E-state index in [2.05, 4.69) is 20.8 Å². The molecule has 0 amide bonds. The molecule has 3 saturated carbocycles. The molecule has 0 spiro atoms. The van der Waals surface area contributed by atoms with Crippen molar-refractivity contribution in [3.05, 3.63) is 11.6 Å². The van der Waals surface area contributed by atoms with Crippen LogP contribution in [-0.4, -0.2) is 62.8 Å². The molecular formula is C33H52O8. The minimum Gasteiger partial charge on any atom is -0.390 e. The first-order valence-corrected chi connectivity index (χ1v) is 15.8. The van der Waals surface area contributed by atoms with Gasteiger partial charge in [0.15, 0.2) is 17.4 Å². The summed E-state index contributed by atoms with van der Waals surface area (Å²) >= 11 is 0. The SMILES string of the molecule is CC(C)(O)CC[C@H]1OC(C)(C)O[C@]1(C)[C@H]1CC[C@@]2(OO)C3=CC(=O)[C@@H]4C[C@H]5OC(C)(C)O[C@H]5C[C@]4(C)[C@H]3CC[C@]12C. The van der Waals surface area contributed by atoms with E-state index in [0.717, 1.165) is 31.3 Å². The third-order valence-corrected chi connectivity index (χ3v) is 12.3. The first-order chi connectivity index (χ1) is 18.8. The maximum absolute atomic E-state index is 13.9. The second-order valence-corrected chi connectivity index (χ2v) is 16.4. The molecule has 41 heavy (non-hydrogen) atoms. The predicted octanol–water partition coefficient (Wildman–Crippen LogP) is 5.95. The number of fused-ring (bicyclic) bond motifs is 6. The summed E-state index contributed by atoms with van der Waals surface area (Å²) in [5, 5.41) is 21.4. The fraction of sp³-hybridized carbons (Fsp3) is 0.909. The molecule has 2 N–H and O–H groups in total. The third kappa shape index (κ3) is 4.37. The predicted molar refractivity (Wildman–Crippen MR) is 152 cm³/mol. The van der Waals surface area contributed by atoms with Crippen molar-refractivity contribution >= 4 is 5.78 Å². The minimum absolute atomic E-state index is 0.0151. The first kappa shape index (κ1) is 30.2. The van der Waals surface area contributed by atoms with E-state index in [1.807, 2.05) is 47.6 Å². The van der Waals surface area contributed by atoms with Gasteiger partial charge in [0.25, 0.3) is 0 Å². The average Bonchev–Trinajstić information content (AvgIpc) is 3.40. The summed E-state index contributed by atoms with van der Waals surface area (Å²) in [7, 11) is 0. The highest BCUT2D eigenvalue weighted by Gasteiger charge is 2.73. The standard InChI is InChI=1S/C33H52O8/c1-27(2,35)13-12-26-32(9,40-29(5,6)39-26)25-11-15-33(41-36)20-16-22(34)21-17-23-24(38-28(3,4)37-23)18-30(21,7)19(20)10-14-31(25,33)8/h16,19,21,23-26,35-36H,10-15,17-18H2,1-9H3/t19-,21-,23+,24-,25-,26+,30+,31+,32+,33+/m0/s1. The van der Waals surface area contributed by atoms with Crippen LogP contribution in [0.25, 0.3) is 0 Å². The molecule has 4 aliphatic carbocycles. The van der Waals surface area contributed by atoms with Crippen LogP contribution in [0.5, 0.6) is 0 Å². The zero-order valence-electron chi connectivity index (χ0n) is 26.5. The van der Waals surface area contributed by atoms with Gasteiger partial charge in [-0.2, -0.15) is 0 Å². The molecule has 5 fully saturated rings. The maximum Gasteiger partial charge on any atom is 0.164 e. The summed E-state index contributed by atoms with van der Waals surface area (Å²) in [5.74, 6) is -1.32. The molecule has 8 nitrogen and oxygen atoms in total. The van der Waals surface area contributed by atoms with Gasteiger partial charge in [-0.05, 0) is 129 Å². The van der Waals surface area contributed by atoms with Gasteiger partial charge in [0, 0.05) is 11.3 Å². The van der Waals surface area contributed by atoms with Crippen LogP contribution >= 0.6 is 0 Å². The third-order valence-electron chi connectivity index (χ3n) is 12.3. The van der Waals surface area contributed by atoms with Gasteiger partial charge in [-0.15, -0.1) is 0 Å². The number of ketones is 1. The number of carbonyl (C=O) groups excluding carboxylic acids is 1. The quantitative estimate of drug-likeness (QED) is 0.306. The van der Waals surface area contributed by atoms with Crippen molar-refractivity contribution in [1.29, 1.82) is 0 Å². The largest absolute Gasteiger partial charge is 0.390 e. The molecule has 0 aromatic rings. The lowest BCUT2D eigenvalue weighted by atomic mass is 9.45. The van der Waals surface area contributed by atoms with Gasteiger partial charge in [-0.25, -0.2) is 4.89 Å². The number of hydrogen-bond donors (Lipinski definition) is 2. The van der Waals surface area contributed by atoms with E-state index in [4.69, 9.17) is 23.8 Å². The molecule has 8 heteroatoms. The second-order valence-electron chi connectivity index (χ2n) is 16.4. The topological polar surface area (TPSA) is 104 Å². The molecule has 0 radical (unpaired) electrons. The fourth-order valence-corrected chi connectivity index (χ4v) is 10.6. The minimum atomic E-state index is -0.979. The van der Waals surface area contributed by atoms with E-state index in [-0.39, 0.29) is 47.3 Å². The lowest BCUT2D eigenvalue weighted by Gasteiger charge is -2.61. The van der Waals surface area contributed by atoms with Gasteiger partial charge in [0.1, 0.15) is 5.60 Å². The van der Waals surface area contributed by atoms with Crippen LogP contribution in [0.1, 0.15) is 114 Å². The summed E-state index contributed by atoms with van der Waals surface area (Å²) < 4.78 is 25.8. The van der Waals surface area contributed by atoms with Crippen LogP contribution in [0.2, 0.25) is 0 Å². The Morgan fingerprint density at radius 2 is 1.63 bits per heavy atom. The van der Waals surface area contributed by atoms with E-state index >= 15 is 0 Å². The Morgan fingerprint density at radius 3 is 2.29 bits per heavy atom. The van der Waals surface area contributed by atoms with Crippen LogP contribution < -0.4 is 0 Å². The molecule has 6 aliphatic rings. The summed E-state index contributed by atoms with van der Waals surface area (Å²) in [6.07, 6.45) is 7.29. The number of rotatable bonds is 5. The van der Waals surface area contributed by atoms with E-state index in [1.54, 1.807) is 0 Å². The Labute approximate surface area is 245 Å². The van der Waals surface area contributed by atoms with Gasteiger partial charge in [-0.3, -0.25) is 10.1 Å². The number of aliphatic hydroxyl groups is 1. The number of ether oxygens (including phenoxy) is 4. The zero-order chi connectivity index (χ0) is 30.0. The monoisotopic (exact) mass is 576 g/mol. The van der Waals surface area contributed by atoms with Crippen molar-refractivity contribution < 1.29 is 39.0 Å². The molecule has 10 atom stereocenters. The van der Waals surface area contributed by atoms with Crippen molar-refractivity contribution in [2.75, 3.05) is 0 Å². The van der Waals surface area contributed by atoms with Gasteiger partial charge >= 0.3 is 0 Å². The van der Waals surface area contributed by atoms with Crippen molar-refractivity contribution in [2.45, 2.75) is 160 Å². The lowest BCUT2D eigenvalue weighted by Crippen LogP contribution is -2.63. The van der Waals surface area contributed by atoms with Crippen LogP contribution in [0, 0.1) is 28.6 Å². The second kappa shape index (κ2) is 9.09. The van der Waals surface area contributed by atoms with Crippen LogP contribution in [-0.2, 0) is 28.6 Å². The highest BCUT2D eigenvalue weighted by atomic mass is 17.1. The van der Waals surface area contributed by atoms with Gasteiger partial charge in [0.05, 0.1) is 29.5 Å². The summed E-state index contributed by atoms with van der Waals surface area (Å²) in [6.45, 7) is 18.1.